The second-order valence-corrected chi connectivity index (χ2v) is 16.5. The van der Waals surface area contributed by atoms with E-state index in [0.717, 1.165) is 39.9 Å². The van der Waals surface area contributed by atoms with Crippen LogP contribution in [0.25, 0.3) is 82.6 Å². The van der Waals surface area contributed by atoms with Crippen LogP contribution in [0.15, 0.2) is 140 Å². The topological polar surface area (TPSA) is 30.7 Å². The average molecular weight is 680 g/mol. The molecule has 252 valence electrons. The summed E-state index contributed by atoms with van der Waals surface area (Å²) >= 11 is 0. The normalized spacial score (nSPS) is 23.9. The van der Waals surface area contributed by atoms with Crippen molar-refractivity contribution < 1.29 is 0 Å². The van der Waals surface area contributed by atoms with Gasteiger partial charge in [0.15, 0.2) is 0 Å². The Morgan fingerprint density at radius 1 is 0.453 bits per heavy atom. The van der Waals surface area contributed by atoms with Gasteiger partial charge in [-0.15, -0.1) is 0 Å². The molecule has 1 spiro atoms. The van der Waals surface area contributed by atoms with Gasteiger partial charge in [-0.25, -0.2) is 9.97 Å². The third-order valence-electron chi connectivity index (χ3n) is 14.2. The summed E-state index contributed by atoms with van der Waals surface area (Å²) in [5.74, 6) is 3.94. The summed E-state index contributed by atoms with van der Waals surface area (Å²) in [6, 6.07) is 51.8. The first-order valence-electron chi connectivity index (χ1n) is 19.6. The van der Waals surface area contributed by atoms with E-state index in [1.54, 1.807) is 11.1 Å². The van der Waals surface area contributed by atoms with Crippen LogP contribution in [0.4, 0.5) is 0 Å². The van der Waals surface area contributed by atoms with Crippen LogP contribution in [0.3, 0.4) is 0 Å². The molecule has 0 aliphatic heterocycles. The summed E-state index contributed by atoms with van der Waals surface area (Å²) in [6.45, 7) is 0. The Bertz CT molecular complexity index is 3010. The lowest BCUT2D eigenvalue weighted by Gasteiger charge is -2.61. The first kappa shape index (κ1) is 28.7. The highest BCUT2D eigenvalue weighted by Crippen LogP contribution is 2.70. The number of nitrogens with zero attached hydrogens (tertiary/aromatic N) is 3. The predicted octanol–water partition coefficient (Wildman–Crippen LogP) is 12.4. The Balaban J connectivity index is 1.20. The molecule has 0 saturated heterocycles. The molecule has 5 aliphatic carbocycles. The lowest BCUT2D eigenvalue weighted by molar-refractivity contribution is -0.0399. The first-order valence-corrected chi connectivity index (χ1v) is 19.6. The molecule has 5 aliphatic rings. The van der Waals surface area contributed by atoms with Crippen molar-refractivity contribution in [3.8, 4) is 28.3 Å². The maximum atomic E-state index is 5.68. The Labute approximate surface area is 307 Å². The largest absolute Gasteiger partial charge is 0.277 e. The van der Waals surface area contributed by atoms with Gasteiger partial charge in [0.1, 0.15) is 0 Å². The van der Waals surface area contributed by atoms with Gasteiger partial charge in [0.2, 0.25) is 5.95 Å². The minimum atomic E-state index is 0.0786. The molecule has 9 aromatic rings. The molecule has 3 heteroatoms. The molecule has 53 heavy (non-hydrogen) atoms. The van der Waals surface area contributed by atoms with Crippen molar-refractivity contribution in [2.45, 2.75) is 37.5 Å². The van der Waals surface area contributed by atoms with Crippen molar-refractivity contribution in [3.63, 3.8) is 0 Å². The van der Waals surface area contributed by atoms with Gasteiger partial charge in [-0.2, -0.15) is 0 Å². The van der Waals surface area contributed by atoms with Gasteiger partial charge in [0.25, 0.3) is 0 Å². The Hall–Kier alpha value is -5.80. The third-order valence-corrected chi connectivity index (χ3v) is 14.2. The zero-order chi connectivity index (χ0) is 34.4. The van der Waals surface area contributed by atoms with Crippen LogP contribution in [0, 0.1) is 23.7 Å². The van der Waals surface area contributed by atoms with Crippen molar-refractivity contribution in [1.29, 1.82) is 0 Å². The minimum Gasteiger partial charge on any atom is -0.277 e. The minimum absolute atomic E-state index is 0.0786. The predicted molar refractivity (Wildman–Crippen MR) is 218 cm³/mol. The molecule has 2 heterocycles. The average Bonchev–Trinajstić information content (AvgIpc) is 3.70. The van der Waals surface area contributed by atoms with E-state index in [2.05, 4.69) is 144 Å². The van der Waals surface area contributed by atoms with Crippen LogP contribution in [-0.2, 0) is 5.41 Å². The molecule has 14 rings (SSSR count). The lowest BCUT2D eigenvalue weighted by Crippen LogP contribution is -2.55. The number of aromatic nitrogens is 3. The maximum absolute atomic E-state index is 5.68. The summed E-state index contributed by atoms with van der Waals surface area (Å²) < 4.78 is 2.47. The fraction of sp³-hybridized carbons (Fsp3) is 0.200. The van der Waals surface area contributed by atoms with Crippen molar-refractivity contribution in [3.05, 3.63) is 151 Å². The lowest BCUT2D eigenvalue weighted by atomic mass is 9.43. The van der Waals surface area contributed by atoms with E-state index < -0.39 is 0 Å². The molecular formula is C50H37N3. The molecule has 0 atom stereocenters. The number of rotatable bonds is 2. The number of benzene rings is 7. The second-order valence-electron chi connectivity index (χ2n) is 16.5. The van der Waals surface area contributed by atoms with E-state index in [9.17, 15) is 0 Å². The van der Waals surface area contributed by atoms with Crippen molar-refractivity contribution >= 4 is 54.3 Å². The number of hydrogen-bond acceptors (Lipinski definition) is 2. The monoisotopic (exact) mass is 679 g/mol. The molecule has 4 saturated carbocycles. The Kier molecular flexibility index (Phi) is 5.53. The van der Waals surface area contributed by atoms with Gasteiger partial charge in [0, 0.05) is 38.1 Å². The number of para-hydroxylation sites is 1. The summed E-state index contributed by atoms with van der Waals surface area (Å²) in [5, 5.41) is 8.49. The van der Waals surface area contributed by atoms with E-state index in [1.165, 1.54) is 86.6 Å². The summed E-state index contributed by atoms with van der Waals surface area (Å²) in [6.07, 6.45) is 6.93. The number of hydrogen-bond donors (Lipinski definition) is 0. The van der Waals surface area contributed by atoms with E-state index >= 15 is 0 Å². The van der Waals surface area contributed by atoms with Crippen LogP contribution >= 0.6 is 0 Å². The second kappa shape index (κ2) is 10.2. The van der Waals surface area contributed by atoms with Gasteiger partial charge in [-0.05, 0) is 94.7 Å². The zero-order valence-corrected chi connectivity index (χ0v) is 29.5. The Morgan fingerprint density at radius 3 is 1.91 bits per heavy atom. The van der Waals surface area contributed by atoms with Gasteiger partial charge in [-0.1, -0.05) is 133 Å². The fourth-order valence-corrected chi connectivity index (χ4v) is 12.5. The summed E-state index contributed by atoms with van der Waals surface area (Å²) in [5.41, 5.74) is 11.6. The van der Waals surface area contributed by atoms with Gasteiger partial charge in [-0.3, -0.25) is 4.57 Å². The molecule has 4 bridgehead atoms. The smallest absolute Gasteiger partial charge is 0.235 e. The quantitative estimate of drug-likeness (QED) is 0.182. The fourth-order valence-electron chi connectivity index (χ4n) is 12.5. The zero-order valence-electron chi connectivity index (χ0n) is 29.5. The van der Waals surface area contributed by atoms with Crippen LogP contribution < -0.4 is 0 Å². The van der Waals surface area contributed by atoms with E-state index in [0.29, 0.717) is 11.8 Å². The molecule has 0 radical (unpaired) electrons. The molecule has 0 N–H and O–H groups in total. The molecule has 7 aromatic carbocycles. The van der Waals surface area contributed by atoms with Gasteiger partial charge < -0.3 is 0 Å². The standard InChI is InChI=1S/C50H37N3/c1-3-13-35-31(10-1)12-9-17-37(35)46-41-16-6-8-19-44(41)51-49(52-46)53-47-36-14-4-2-11-32(36)20-21-38(47)39-22-23-43-45(48(39)53)40-15-5-7-18-42(40)50(43)33-25-29-24-30(27-33)28-34(50)26-29/h1-23,29-30,33-34H,24-28H2. The van der Waals surface area contributed by atoms with Crippen molar-refractivity contribution in [2.75, 3.05) is 0 Å². The number of fused-ring (bicyclic) bond motifs is 11. The highest BCUT2D eigenvalue weighted by atomic mass is 15.2. The van der Waals surface area contributed by atoms with Gasteiger partial charge >= 0.3 is 0 Å². The molecule has 0 unspecified atom stereocenters. The maximum Gasteiger partial charge on any atom is 0.235 e. The van der Waals surface area contributed by atoms with E-state index in [-0.39, 0.29) is 5.41 Å². The molecular weight excluding hydrogens is 643 g/mol. The van der Waals surface area contributed by atoms with Gasteiger partial charge in [0.05, 0.1) is 22.2 Å². The third kappa shape index (κ3) is 3.61. The highest BCUT2D eigenvalue weighted by molar-refractivity contribution is 6.22. The first-order chi connectivity index (χ1) is 26.3. The SMILES string of the molecule is c1ccc2c(c1)-c1c(ccc3c4ccc5ccccc5c4n(-c4nc(-c5cccc6ccccc56)c5ccccc5n4)c13)C21C2CC3CC(C2)CC1C3. The summed E-state index contributed by atoms with van der Waals surface area (Å²) in [4.78, 5) is 11.2. The van der Waals surface area contributed by atoms with Crippen LogP contribution in [0.2, 0.25) is 0 Å². The van der Waals surface area contributed by atoms with E-state index in [1.807, 2.05) is 0 Å². The molecule has 3 nitrogen and oxygen atoms in total. The van der Waals surface area contributed by atoms with Crippen molar-refractivity contribution in [1.82, 2.24) is 14.5 Å². The van der Waals surface area contributed by atoms with E-state index in [4.69, 9.17) is 9.97 Å². The van der Waals surface area contributed by atoms with Crippen LogP contribution in [0.5, 0.6) is 0 Å². The molecule has 0 amide bonds. The van der Waals surface area contributed by atoms with Crippen LogP contribution in [0.1, 0.15) is 43.2 Å². The molecule has 2 aromatic heterocycles. The van der Waals surface area contributed by atoms with Crippen molar-refractivity contribution in [2.24, 2.45) is 23.7 Å². The molecule has 4 fully saturated rings. The van der Waals surface area contributed by atoms with Crippen LogP contribution in [-0.4, -0.2) is 14.5 Å². The Morgan fingerprint density at radius 2 is 1.08 bits per heavy atom. The summed E-state index contributed by atoms with van der Waals surface area (Å²) in [7, 11) is 0. The highest BCUT2D eigenvalue weighted by Gasteiger charge is 2.61.